The van der Waals surface area contributed by atoms with Crippen molar-refractivity contribution in [3.8, 4) is 6.07 Å². The third kappa shape index (κ3) is 2.95. The summed E-state index contributed by atoms with van der Waals surface area (Å²) < 4.78 is 37.7. The highest BCUT2D eigenvalue weighted by Gasteiger charge is 2.47. The third-order valence-electron chi connectivity index (χ3n) is 2.85. The molecule has 15 heavy (non-hydrogen) atoms. The lowest BCUT2D eigenvalue weighted by Gasteiger charge is -2.31. The predicted octanol–water partition coefficient (Wildman–Crippen LogP) is 2.84. The van der Waals surface area contributed by atoms with Gasteiger partial charge in [0.15, 0.2) is 5.78 Å². The van der Waals surface area contributed by atoms with Gasteiger partial charge in [-0.15, -0.1) is 0 Å². The lowest BCUT2D eigenvalue weighted by atomic mass is 9.76. The van der Waals surface area contributed by atoms with E-state index in [0.29, 0.717) is 12.8 Å². The van der Waals surface area contributed by atoms with Crippen LogP contribution in [0.25, 0.3) is 0 Å². The van der Waals surface area contributed by atoms with Crippen LogP contribution in [0.2, 0.25) is 0 Å². The highest BCUT2D eigenvalue weighted by molar-refractivity contribution is 5.83. The Balaban J connectivity index is 2.75. The molecule has 0 spiro atoms. The van der Waals surface area contributed by atoms with Crippen molar-refractivity contribution in [3.05, 3.63) is 0 Å². The van der Waals surface area contributed by atoms with Gasteiger partial charge in [-0.2, -0.15) is 18.4 Å². The summed E-state index contributed by atoms with van der Waals surface area (Å²) in [5.41, 5.74) is 0. The van der Waals surface area contributed by atoms with Crippen LogP contribution in [0.3, 0.4) is 0 Å². The molecule has 1 aliphatic carbocycles. The first-order valence-corrected chi connectivity index (χ1v) is 4.93. The van der Waals surface area contributed by atoms with Gasteiger partial charge < -0.3 is 0 Å². The molecule has 0 aromatic rings. The topological polar surface area (TPSA) is 40.9 Å². The smallest absolute Gasteiger partial charge is 0.298 e. The molecule has 84 valence electrons. The molecule has 0 N–H and O–H groups in total. The maximum atomic E-state index is 12.6. The monoisotopic (exact) mass is 219 g/mol. The molecule has 1 fully saturated rings. The van der Waals surface area contributed by atoms with E-state index in [1.54, 1.807) is 6.07 Å². The lowest BCUT2D eigenvalue weighted by molar-refractivity contribution is -0.197. The van der Waals surface area contributed by atoms with Crippen molar-refractivity contribution in [3.63, 3.8) is 0 Å². The predicted molar refractivity (Wildman–Crippen MR) is 46.7 cm³/mol. The van der Waals surface area contributed by atoms with Crippen LogP contribution in [0.15, 0.2) is 0 Å². The molecule has 0 radical (unpaired) electrons. The Labute approximate surface area is 86.1 Å². The molecule has 1 saturated carbocycles. The first-order valence-electron chi connectivity index (χ1n) is 4.93. The number of alkyl halides is 3. The van der Waals surface area contributed by atoms with E-state index in [1.165, 1.54) is 0 Å². The highest BCUT2D eigenvalue weighted by Crippen LogP contribution is 2.42. The number of Topliss-reactive ketones (excluding diaryl/α,β-unsaturated/α-hetero) is 1. The van der Waals surface area contributed by atoms with Crippen molar-refractivity contribution in [1.82, 2.24) is 0 Å². The first kappa shape index (κ1) is 12.0. The fourth-order valence-corrected chi connectivity index (χ4v) is 2.12. The van der Waals surface area contributed by atoms with Gasteiger partial charge >= 0.3 is 6.18 Å². The first-order chi connectivity index (χ1) is 6.96. The van der Waals surface area contributed by atoms with Crippen molar-refractivity contribution in [2.24, 2.45) is 11.8 Å². The lowest BCUT2D eigenvalue weighted by Crippen LogP contribution is -2.37. The summed E-state index contributed by atoms with van der Waals surface area (Å²) in [6.07, 6.45) is -3.27. The summed E-state index contributed by atoms with van der Waals surface area (Å²) in [6, 6.07) is 1.62. The average molecular weight is 219 g/mol. The molecular formula is C10H12F3NO. The Morgan fingerprint density at radius 1 is 1.33 bits per heavy atom. The standard InChI is InChI=1S/C10H12F3NO/c11-10(12,13)8-4-2-1-3-7(8)9(15)5-6-14/h7-8H,1-5H2. The summed E-state index contributed by atoms with van der Waals surface area (Å²) in [6.45, 7) is 0. The summed E-state index contributed by atoms with van der Waals surface area (Å²) in [5, 5.41) is 8.30. The largest absolute Gasteiger partial charge is 0.392 e. The zero-order chi connectivity index (χ0) is 11.5. The average Bonchev–Trinajstić information content (AvgIpc) is 2.17. The Hall–Kier alpha value is -1.05. The van der Waals surface area contributed by atoms with E-state index in [0.717, 1.165) is 0 Å². The molecule has 2 nitrogen and oxygen atoms in total. The molecule has 0 saturated heterocycles. The van der Waals surface area contributed by atoms with E-state index in [1.807, 2.05) is 0 Å². The van der Waals surface area contributed by atoms with Gasteiger partial charge in [-0.25, -0.2) is 0 Å². The van der Waals surface area contributed by atoms with Gasteiger partial charge in [-0.05, 0) is 12.8 Å². The van der Waals surface area contributed by atoms with Crippen molar-refractivity contribution in [1.29, 1.82) is 5.26 Å². The summed E-state index contributed by atoms with van der Waals surface area (Å²) >= 11 is 0. The van der Waals surface area contributed by atoms with Gasteiger partial charge in [0, 0.05) is 5.92 Å². The molecular weight excluding hydrogens is 207 g/mol. The van der Waals surface area contributed by atoms with Crippen LogP contribution in [-0.2, 0) is 4.79 Å². The Morgan fingerprint density at radius 2 is 1.93 bits per heavy atom. The van der Waals surface area contributed by atoms with E-state index < -0.39 is 30.2 Å². The van der Waals surface area contributed by atoms with Crippen molar-refractivity contribution in [2.75, 3.05) is 0 Å². The number of ketones is 1. The van der Waals surface area contributed by atoms with Crippen molar-refractivity contribution in [2.45, 2.75) is 38.3 Å². The van der Waals surface area contributed by atoms with Gasteiger partial charge in [0.05, 0.1) is 18.4 Å². The van der Waals surface area contributed by atoms with Gasteiger partial charge in [0.25, 0.3) is 0 Å². The fourth-order valence-electron chi connectivity index (χ4n) is 2.12. The number of carbonyl (C=O) groups excluding carboxylic acids is 1. The molecule has 2 atom stereocenters. The molecule has 0 amide bonds. The molecule has 2 unspecified atom stereocenters. The van der Waals surface area contributed by atoms with E-state index in [4.69, 9.17) is 5.26 Å². The van der Waals surface area contributed by atoms with Crippen LogP contribution in [0.5, 0.6) is 0 Å². The molecule has 5 heteroatoms. The molecule has 0 heterocycles. The SMILES string of the molecule is N#CCC(=O)C1CCCCC1C(F)(F)F. The molecule has 1 aliphatic rings. The van der Waals surface area contributed by atoms with Crippen LogP contribution in [-0.4, -0.2) is 12.0 Å². The molecule has 0 aliphatic heterocycles. The second-order valence-electron chi connectivity index (χ2n) is 3.84. The quantitative estimate of drug-likeness (QED) is 0.716. The van der Waals surface area contributed by atoms with E-state index in [9.17, 15) is 18.0 Å². The summed E-state index contributed by atoms with van der Waals surface area (Å²) in [4.78, 5) is 11.3. The highest BCUT2D eigenvalue weighted by atomic mass is 19.4. The van der Waals surface area contributed by atoms with E-state index >= 15 is 0 Å². The Kier molecular flexibility index (Phi) is 3.72. The van der Waals surface area contributed by atoms with Gasteiger partial charge in [-0.3, -0.25) is 4.79 Å². The Morgan fingerprint density at radius 3 is 2.47 bits per heavy atom. The maximum Gasteiger partial charge on any atom is 0.392 e. The number of halogens is 3. The molecule has 0 aromatic heterocycles. The summed E-state index contributed by atoms with van der Waals surface area (Å²) in [7, 11) is 0. The molecule has 0 bridgehead atoms. The van der Waals surface area contributed by atoms with Crippen LogP contribution < -0.4 is 0 Å². The zero-order valence-electron chi connectivity index (χ0n) is 8.18. The number of hydrogen-bond acceptors (Lipinski definition) is 2. The summed E-state index contributed by atoms with van der Waals surface area (Å²) in [5.74, 6) is -3.08. The minimum atomic E-state index is -4.31. The number of nitriles is 1. The van der Waals surface area contributed by atoms with Gasteiger partial charge in [-0.1, -0.05) is 12.8 Å². The van der Waals surface area contributed by atoms with Crippen LogP contribution in [0.4, 0.5) is 13.2 Å². The molecule has 1 rings (SSSR count). The Bertz CT molecular complexity index is 279. The second-order valence-corrected chi connectivity index (χ2v) is 3.84. The number of rotatable bonds is 2. The minimum Gasteiger partial charge on any atom is -0.298 e. The third-order valence-corrected chi connectivity index (χ3v) is 2.85. The minimum absolute atomic E-state index is 0.0192. The van der Waals surface area contributed by atoms with E-state index in [-0.39, 0.29) is 12.8 Å². The van der Waals surface area contributed by atoms with Crippen LogP contribution in [0.1, 0.15) is 32.1 Å². The van der Waals surface area contributed by atoms with Crippen LogP contribution in [0, 0.1) is 23.2 Å². The number of hydrogen-bond donors (Lipinski definition) is 0. The second kappa shape index (κ2) is 4.65. The fraction of sp³-hybridized carbons (Fsp3) is 0.800. The van der Waals surface area contributed by atoms with Crippen LogP contribution >= 0.6 is 0 Å². The number of nitrogens with zero attached hydrogens (tertiary/aromatic N) is 1. The van der Waals surface area contributed by atoms with E-state index in [2.05, 4.69) is 0 Å². The van der Waals surface area contributed by atoms with Gasteiger partial charge in [0.2, 0.25) is 0 Å². The zero-order valence-corrected chi connectivity index (χ0v) is 8.18. The maximum absolute atomic E-state index is 12.6. The normalized spacial score (nSPS) is 27.1. The number of carbonyl (C=O) groups is 1. The van der Waals surface area contributed by atoms with Gasteiger partial charge in [0.1, 0.15) is 0 Å². The van der Waals surface area contributed by atoms with Crippen molar-refractivity contribution >= 4 is 5.78 Å². The molecule has 0 aromatic carbocycles. The van der Waals surface area contributed by atoms with Crippen molar-refractivity contribution < 1.29 is 18.0 Å².